The van der Waals surface area contributed by atoms with Crippen LogP contribution in [0, 0.1) is 11.8 Å². The van der Waals surface area contributed by atoms with E-state index in [1.54, 1.807) is 18.6 Å². The van der Waals surface area contributed by atoms with Gasteiger partial charge in [-0.3, -0.25) is 9.78 Å². The number of pyridine rings is 2. The number of fused-ring (bicyclic) bond motifs is 1. The Morgan fingerprint density at radius 3 is 2.83 bits per heavy atom. The highest BCUT2D eigenvalue weighted by Gasteiger charge is 2.24. The Kier molecular flexibility index (Phi) is 6.74. The van der Waals surface area contributed by atoms with Crippen molar-refractivity contribution < 1.29 is 14.3 Å². The summed E-state index contributed by atoms with van der Waals surface area (Å²) in [4.78, 5) is 29.8. The maximum atomic E-state index is 12.5. The molecule has 2 aliphatic rings. The van der Waals surface area contributed by atoms with E-state index in [4.69, 9.17) is 9.47 Å². The quantitative estimate of drug-likeness (QED) is 0.483. The van der Waals surface area contributed by atoms with E-state index >= 15 is 0 Å². The van der Waals surface area contributed by atoms with Gasteiger partial charge in [-0.25, -0.2) is 15.0 Å². The van der Waals surface area contributed by atoms with Crippen LogP contribution in [0.25, 0.3) is 11.3 Å². The van der Waals surface area contributed by atoms with E-state index in [9.17, 15) is 4.79 Å². The van der Waals surface area contributed by atoms with Crippen molar-refractivity contribution in [3.05, 3.63) is 54.2 Å². The van der Waals surface area contributed by atoms with Crippen LogP contribution < -0.4 is 20.1 Å². The molecule has 2 atom stereocenters. The molecule has 3 aromatic rings. The molecular formula is C26H30N6O3. The lowest BCUT2D eigenvalue weighted by atomic mass is 9.88. The van der Waals surface area contributed by atoms with Gasteiger partial charge in [-0.05, 0) is 42.7 Å². The van der Waals surface area contributed by atoms with Gasteiger partial charge in [0.1, 0.15) is 25.4 Å². The van der Waals surface area contributed by atoms with E-state index in [1.807, 2.05) is 18.2 Å². The molecule has 1 aliphatic carbocycles. The van der Waals surface area contributed by atoms with Crippen molar-refractivity contribution in [3.63, 3.8) is 0 Å². The lowest BCUT2D eigenvalue weighted by molar-refractivity contribution is 0.0951. The van der Waals surface area contributed by atoms with Crippen molar-refractivity contribution in [2.75, 3.05) is 31.6 Å². The summed E-state index contributed by atoms with van der Waals surface area (Å²) in [7, 11) is 0. The summed E-state index contributed by atoms with van der Waals surface area (Å²) in [6.45, 7) is 6.85. The molecule has 1 fully saturated rings. The number of carbonyl (C=O) groups excluding carboxylic acids is 1. The molecule has 4 heterocycles. The fourth-order valence-corrected chi connectivity index (χ4v) is 4.06. The molecule has 0 aromatic carbocycles. The predicted octanol–water partition coefficient (Wildman–Crippen LogP) is 3.70. The molecule has 1 unspecified atom stereocenters. The summed E-state index contributed by atoms with van der Waals surface area (Å²) in [6.07, 6.45) is 8.98. The second kappa shape index (κ2) is 10.2. The molecule has 1 amide bonds. The van der Waals surface area contributed by atoms with Gasteiger partial charge >= 0.3 is 0 Å². The molecule has 3 aromatic heterocycles. The molecule has 1 aliphatic heterocycles. The number of anilines is 1. The Bertz CT molecular complexity index is 1200. The summed E-state index contributed by atoms with van der Waals surface area (Å²) in [5, 5.41) is 6.41. The van der Waals surface area contributed by atoms with Gasteiger partial charge in [-0.2, -0.15) is 0 Å². The number of hydrogen-bond donors (Lipinski definition) is 2. The highest BCUT2D eigenvalue weighted by Crippen LogP contribution is 2.38. The van der Waals surface area contributed by atoms with E-state index in [1.165, 1.54) is 19.2 Å². The average molecular weight is 475 g/mol. The monoisotopic (exact) mass is 474 g/mol. The van der Waals surface area contributed by atoms with Crippen LogP contribution in [-0.4, -0.2) is 52.1 Å². The van der Waals surface area contributed by atoms with E-state index in [-0.39, 0.29) is 17.7 Å². The third kappa shape index (κ3) is 5.50. The van der Waals surface area contributed by atoms with E-state index in [2.05, 4.69) is 44.4 Å². The zero-order valence-electron chi connectivity index (χ0n) is 20.0. The van der Waals surface area contributed by atoms with Gasteiger partial charge in [0.05, 0.1) is 11.3 Å². The highest BCUT2D eigenvalue weighted by molar-refractivity contribution is 5.95. The van der Waals surface area contributed by atoms with Crippen LogP contribution in [-0.2, 0) is 0 Å². The second-order valence-corrected chi connectivity index (χ2v) is 9.28. The number of amides is 1. The van der Waals surface area contributed by atoms with Crippen LogP contribution in [0.2, 0.25) is 0 Å². The second-order valence-electron chi connectivity index (χ2n) is 9.28. The smallest absolute Gasteiger partial charge is 0.257 e. The first-order chi connectivity index (χ1) is 17.1. The standard InChI is InChI=1S/C26H30N6O3/c1-16(17(2)21-5-6-28-26-24(21)34-7-8-35-26)11-29-23-10-22(31-15-32-23)19-9-20(14-27-13-19)25(33)30-12-18-3-4-18/h5-6,9-10,13-18H,3-4,7-8,11-12H2,1-2H3,(H,30,33)(H,29,31,32)/t16-,17?/m1/s1. The van der Waals surface area contributed by atoms with Crippen LogP contribution in [0.5, 0.6) is 11.6 Å². The largest absolute Gasteiger partial charge is 0.484 e. The maximum absolute atomic E-state index is 12.5. The minimum atomic E-state index is -0.103. The first-order valence-electron chi connectivity index (χ1n) is 12.1. The van der Waals surface area contributed by atoms with Crippen molar-refractivity contribution in [3.8, 4) is 22.9 Å². The van der Waals surface area contributed by atoms with Crippen molar-refractivity contribution in [2.45, 2.75) is 32.6 Å². The Morgan fingerprint density at radius 2 is 1.97 bits per heavy atom. The normalized spacial score (nSPS) is 16.3. The Labute approximate surface area is 204 Å². The lowest BCUT2D eigenvalue weighted by Gasteiger charge is -2.26. The lowest BCUT2D eigenvalue weighted by Crippen LogP contribution is -2.25. The molecule has 5 rings (SSSR count). The van der Waals surface area contributed by atoms with Gasteiger partial charge < -0.3 is 20.1 Å². The molecule has 9 heteroatoms. The average Bonchev–Trinajstić information content (AvgIpc) is 3.74. The third-order valence-corrected chi connectivity index (χ3v) is 6.63. The first kappa shape index (κ1) is 23.0. The topological polar surface area (TPSA) is 111 Å². The number of nitrogens with one attached hydrogen (secondary N) is 2. The van der Waals surface area contributed by atoms with Crippen molar-refractivity contribution >= 4 is 11.7 Å². The molecule has 35 heavy (non-hydrogen) atoms. The van der Waals surface area contributed by atoms with Gasteiger partial charge in [0.2, 0.25) is 0 Å². The predicted molar refractivity (Wildman–Crippen MR) is 132 cm³/mol. The fourth-order valence-electron chi connectivity index (χ4n) is 4.06. The number of hydrogen-bond acceptors (Lipinski definition) is 8. The highest BCUT2D eigenvalue weighted by atomic mass is 16.6. The van der Waals surface area contributed by atoms with Gasteiger partial charge in [0, 0.05) is 48.9 Å². The molecule has 9 nitrogen and oxygen atoms in total. The van der Waals surface area contributed by atoms with Crippen LogP contribution in [0.1, 0.15) is 48.5 Å². The Morgan fingerprint density at radius 1 is 1.11 bits per heavy atom. The molecule has 2 N–H and O–H groups in total. The van der Waals surface area contributed by atoms with Crippen LogP contribution in [0.15, 0.2) is 43.1 Å². The molecule has 0 saturated heterocycles. The van der Waals surface area contributed by atoms with Crippen molar-refractivity contribution in [1.82, 2.24) is 25.3 Å². The van der Waals surface area contributed by atoms with Crippen molar-refractivity contribution in [2.24, 2.45) is 11.8 Å². The summed E-state index contributed by atoms with van der Waals surface area (Å²) in [5.74, 6) is 3.06. The number of carbonyl (C=O) groups is 1. The summed E-state index contributed by atoms with van der Waals surface area (Å²) in [6, 6.07) is 5.70. The Balaban J connectivity index is 1.23. The van der Waals surface area contributed by atoms with Crippen LogP contribution >= 0.6 is 0 Å². The van der Waals surface area contributed by atoms with Crippen LogP contribution in [0.4, 0.5) is 5.82 Å². The summed E-state index contributed by atoms with van der Waals surface area (Å²) >= 11 is 0. The number of ether oxygens (including phenoxy) is 2. The Hall–Kier alpha value is -3.75. The summed E-state index contributed by atoms with van der Waals surface area (Å²) in [5.41, 5.74) is 3.11. The van der Waals surface area contributed by atoms with E-state index < -0.39 is 0 Å². The van der Waals surface area contributed by atoms with Gasteiger partial charge in [-0.15, -0.1) is 0 Å². The molecular weight excluding hydrogens is 444 g/mol. The molecule has 182 valence electrons. The molecule has 0 spiro atoms. The fraction of sp³-hybridized carbons (Fsp3) is 0.423. The van der Waals surface area contributed by atoms with Crippen molar-refractivity contribution in [1.29, 1.82) is 0 Å². The van der Waals surface area contributed by atoms with E-state index in [0.29, 0.717) is 48.6 Å². The molecule has 0 radical (unpaired) electrons. The minimum Gasteiger partial charge on any atom is -0.484 e. The minimum absolute atomic E-state index is 0.103. The zero-order chi connectivity index (χ0) is 24.2. The molecule has 1 saturated carbocycles. The SMILES string of the molecule is CC(c1ccnc2c1OCCO2)[C@H](C)CNc1cc(-c2cncc(C(=O)NCC3CC3)c2)ncn1. The number of rotatable bonds is 9. The van der Waals surface area contributed by atoms with Gasteiger partial charge in [0.15, 0.2) is 5.75 Å². The number of aromatic nitrogens is 4. The third-order valence-electron chi connectivity index (χ3n) is 6.63. The summed E-state index contributed by atoms with van der Waals surface area (Å²) < 4.78 is 11.5. The molecule has 0 bridgehead atoms. The van der Waals surface area contributed by atoms with Gasteiger partial charge in [-0.1, -0.05) is 13.8 Å². The number of nitrogens with zero attached hydrogens (tertiary/aromatic N) is 4. The maximum Gasteiger partial charge on any atom is 0.257 e. The van der Waals surface area contributed by atoms with Crippen LogP contribution in [0.3, 0.4) is 0 Å². The first-order valence-corrected chi connectivity index (χ1v) is 12.1. The van der Waals surface area contributed by atoms with E-state index in [0.717, 1.165) is 23.4 Å². The van der Waals surface area contributed by atoms with Gasteiger partial charge in [0.25, 0.3) is 11.8 Å². The zero-order valence-corrected chi connectivity index (χ0v) is 20.0.